The highest BCUT2D eigenvalue weighted by Crippen LogP contribution is 2.41. The molecule has 154 valence electrons. The third-order valence-electron chi connectivity index (χ3n) is 5.34. The van der Waals surface area contributed by atoms with Gasteiger partial charge in [0.15, 0.2) is 10.9 Å². The molecule has 0 bridgehead atoms. The molecule has 0 amide bonds. The van der Waals surface area contributed by atoms with E-state index in [0.717, 1.165) is 40.1 Å². The Hall–Kier alpha value is -2.76. The first-order valence-electron chi connectivity index (χ1n) is 10.4. The number of benzene rings is 4. The topological polar surface area (TPSA) is 21.7 Å². The molecule has 31 heavy (non-hydrogen) atoms. The number of thioether (sulfide) groups is 2. The SMILES string of the molecule is c1ccc2c(N(c3ccc(OC4CS4)cc3)c3ccc(OC4CS4)cc3)cccc2c1. The van der Waals surface area contributed by atoms with Crippen molar-refractivity contribution >= 4 is 51.4 Å². The largest absolute Gasteiger partial charge is 0.479 e. The van der Waals surface area contributed by atoms with E-state index in [4.69, 9.17) is 9.47 Å². The molecule has 5 heteroatoms. The van der Waals surface area contributed by atoms with E-state index in [0.29, 0.717) is 10.9 Å². The van der Waals surface area contributed by atoms with Crippen LogP contribution in [0.4, 0.5) is 17.1 Å². The summed E-state index contributed by atoms with van der Waals surface area (Å²) in [4.78, 5) is 2.30. The van der Waals surface area contributed by atoms with Crippen LogP contribution in [-0.2, 0) is 0 Å². The van der Waals surface area contributed by atoms with E-state index in [9.17, 15) is 0 Å². The maximum atomic E-state index is 5.93. The van der Waals surface area contributed by atoms with Crippen LogP contribution >= 0.6 is 23.5 Å². The molecule has 4 aromatic carbocycles. The first kappa shape index (κ1) is 19.0. The Labute approximate surface area is 190 Å². The summed E-state index contributed by atoms with van der Waals surface area (Å²) in [6.07, 6.45) is 0. The molecule has 0 N–H and O–H groups in total. The van der Waals surface area contributed by atoms with E-state index < -0.39 is 0 Å². The molecule has 2 saturated heterocycles. The molecule has 0 saturated carbocycles. The molecule has 3 nitrogen and oxygen atoms in total. The van der Waals surface area contributed by atoms with Crippen molar-refractivity contribution in [3.8, 4) is 11.5 Å². The van der Waals surface area contributed by atoms with Crippen LogP contribution in [0, 0.1) is 0 Å². The predicted molar refractivity (Wildman–Crippen MR) is 132 cm³/mol. The second-order valence-electron chi connectivity index (χ2n) is 7.58. The minimum atomic E-state index is 0.317. The van der Waals surface area contributed by atoms with Gasteiger partial charge in [0.05, 0.1) is 5.69 Å². The van der Waals surface area contributed by atoms with Gasteiger partial charge in [0.25, 0.3) is 0 Å². The Morgan fingerprint density at radius 3 is 1.68 bits per heavy atom. The maximum absolute atomic E-state index is 5.93. The molecule has 0 radical (unpaired) electrons. The number of anilines is 3. The smallest absolute Gasteiger partial charge is 0.153 e. The highest BCUT2D eigenvalue weighted by atomic mass is 32.2. The molecule has 2 aliphatic rings. The Kier molecular flexibility index (Phi) is 4.93. The zero-order chi connectivity index (χ0) is 20.6. The van der Waals surface area contributed by atoms with Crippen molar-refractivity contribution in [1.82, 2.24) is 0 Å². The van der Waals surface area contributed by atoms with Gasteiger partial charge in [-0.15, -0.1) is 23.5 Å². The van der Waals surface area contributed by atoms with E-state index >= 15 is 0 Å². The van der Waals surface area contributed by atoms with Crippen LogP contribution in [0.15, 0.2) is 91.0 Å². The maximum Gasteiger partial charge on any atom is 0.153 e. The van der Waals surface area contributed by atoms with E-state index in [1.807, 2.05) is 23.5 Å². The molecule has 2 aliphatic heterocycles. The fraction of sp³-hybridized carbons (Fsp3) is 0.154. The molecular formula is C26H21NO2S2. The molecule has 2 unspecified atom stereocenters. The van der Waals surface area contributed by atoms with Gasteiger partial charge in [0.2, 0.25) is 0 Å². The molecule has 2 atom stereocenters. The van der Waals surface area contributed by atoms with Gasteiger partial charge in [0.1, 0.15) is 11.5 Å². The predicted octanol–water partition coefficient (Wildman–Crippen LogP) is 7.21. The third-order valence-corrected chi connectivity index (χ3v) is 6.74. The van der Waals surface area contributed by atoms with Crippen molar-refractivity contribution in [3.63, 3.8) is 0 Å². The average molecular weight is 444 g/mol. The van der Waals surface area contributed by atoms with Gasteiger partial charge < -0.3 is 14.4 Å². The fourth-order valence-electron chi connectivity index (χ4n) is 3.70. The van der Waals surface area contributed by atoms with E-state index in [2.05, 4.69) is 95.9 Å². The lowest BCUT2D eigenvalue weighted by Gasteiger charge is -2.27. The lowest BCUT2D eigenvalue weighted by atomic mass is 10.1. The van der Waals surface area contributed by atoms with E-state index in [-0.39, 0.29) is 0 Å². The highest BCUT2D eigenvalue weighted by molar-refractivity contribution is 8.06. The summed E-state index contributed by atoms with van der Waals surface area (Å²) < 4.78 is 11.9. The first-order valence-corrected chi connectivity index (χ1v) is 12.5. The monoisotopic (exact) mass is 443 g/mol. The number of rotatable bonds is 7. The van der Waals surface area contributed by atoms with Crippen LogP contribution in [0.25, 0.3) is 10.8 Å². The summed E-state index contributed by atoms with van der Waals surface area (Å²) in [5.74, 6) is 4.00. The lowest BCUT2D eigenvalue weighted by molar-refractivity contribution is 0.335. The number of nitrogens with zero attached hydrogens (tertiary/aromatic N) is 1. The van der Waals surface area contributed by atoms with E-state index in [1.165, 1.54) is 10.8 Å². The summed E-state index contributed by atoms with van der Waals surface area (Å²) in [6, 6.07) is 31.8. The number of hydrogen-bond donors (Lipinski definition) is 0. The van der Waals surface area contributed by atoms with Gasteiger partial charge in [-0.1, -0.05) is 36.4 Å². The molecule has 0 aliphatic carbocycles. The summed E-state index contributed by atoms with van der Waals surface area (Å²) in [7, 11) is 0. The number of ether oxygens (including phenoxy) is 2. The van der Waals surface area contributed by atoms with Gasteiger partial charge in [-0.2, -0.15) is 0 Å². The van der Waals surface area contributed by atoms with Crippen molar-refractivity contribution in [1.29, 1.82) is 0 Å². The van der Waals surface area contributed by atoms with Gasteiger partial charge in [-0.3, -0.25) is 0 Å². The quantitative estimate of drug-likeness (QED) is 0.281. The van der Waals surface area contributed by atoms with Crippen LogP contribution in [0.3, 0.4) is 0 Å². The van der Waals surface area contributed by atoms with Crippen LogP contribution < -0.4 is 14.4 Å². The van der Waals surface area contributed by atoms with Crippen molar-refractivity contribution in [2.45, 2.75) is 10.9 Å². The normalized spacial score (nSPS) is 19.1. The summed E-state index contributed by atoms with van der Waals surface area (Å²) in [5, 5.41) is 2.44. The molecule has 2 fully saturated rings. The third kappa shape index (κ3) is 4.21. The van der Waals surface area contributed by atoms with Crippen LogP contribution in [0.5, 0.6) is 11.5 Å². The molecule has 0 spiro atoms. The molecule has 0 aromatic heterocycles. The number of fused-ring (bicyclic) bond motifs is 1. The van der Waals surface area contributed by atoms with Gasteiger partial charge >= 0.3 is 0 Å². The zero-order valence-corrected chi connectivity index (χ0v) is 18.4. The summed E-state index contributed by atoms with van der Waals surface area (Å²) in [6.45, 7) is 0. The van der Waals surface area contributed by atoms with Crippen molar-refractivity contribution in [3.05, 3.63) is 91.0 Å². The van der Waals surface area contributed by atoms with Gasteiger partial charge in [-0.05, 0) is 60.0 Å². The Bertz CT molecular complexity index is 1140. The second kappa shape index (κ2) is 8.06. The minimum Gasteiger partial charge on any atom is -0.479 e. The lowest BCUT2D eigenvalue weighted by Crippen LogP contribution is -2.10. The zero-order valence-electron chi connectivity index (χ0n) is 16.8. The first-order chi connectivity index (χ1) is 15.3. The standard InChI is InChI=1S/C26H21NO2S2/c1-2-6-23-18(4-1)5-3-7-24(23)27(19-8-12-21(13-9-19)28-25-16-30-25)20-10-14-22(15-11-20)29-26-17-31-26/h1-15,25-26H,16-17H2. The number of hydrogen-bond acceptors (Lipinski definition) is 5. The molecule has 2 heterocycles. The van der Waals surface area contributed by atoms with Crippen molar-refractivity contribution in [2.75, 3.05) is 16.4 Å². The molecular weight excluding hydrogens is 422 g/mol. The summed E-state index contributed by atoms with van der Waals surface area (Å²) in [5.41, 5.74) is 3.97. The Morgan fingerprint density at radius 2 is 1.13 bits per heavy atom. The second-order valence-corrected chi connectivity index (χ2v) is 9.97. The van der Waals surface area contributed by atoms with Crippen molar-refractivity contribution in [2.24, 2.45) is 0 Å². The Balaban J connectivity index is 1.42. The van der Waals surface area contributed by atoms with Crippen molar-refractivity contribution < 1.29 is 9.47 Å². The minimum absolute atomic E-state index is 0.317. The Morgan fingerprint density at radius 1 is 0.613 bits per heavy atom. The summed E-state index contributed by atoms with van der Waals surface area (Å²) >= 11 is 3.67. The fourth-order valence-corrected chi connectivity index (χ4v) is 4.35. The van der Waals surface area contributed by atoms with E-state index in [1.54, 1.807) is 0 Å². The molecule has 4 aromatic rings. The molecule has 6 rings (SSSR count). The highest BCUT2D eigenvalue weighted by Gasteiger charge is 2.25. The van der Waals surface area contributed by atoms with Crippen LogP contribution in [-0.4, -0.2) is 22.4 Å². The van der Waals surface area contributed by atoms with Gasteiger partial charge in [0, 0.05) is 28.3 Å². The average Bonchev–Trinajstić information content (AvgIpc) is 3.74. The van der Waals surface area contributed by atoms with Crippen LogP contribution in [0.1, 0.15) is 0 Å². The van der Waals surface area contributed by atoms with Crippen LogP contribution in [0.2, 0.25) is 0 Å². The van der Waals surface area contributed by atoms with Gasteiger partial charge in [-0.25, -0.2) is 0 Å².